The number of nitrogens with zero attached hydrogens (tertiary/aromatic N) is 1. The molecule has 0 radical (unpaired) electrons. The molecule has 0 bridgehead atoms. The van der Waals surface area contributed by atoms with Crippen molar-refractivity contribution in [2.24, 2.45) is 29.1 Å². The normalized spacial score (nSPS) is 39.1. The molecule has 0 unspecified atom stereocenters. The van der Waals surface area contributed by atoms with Gasteiger partial charge in [0.2, 0.25) is 6.43 Å². The maximum Gasteiger partial charge on any atom is 0.238 e. The molecule has 34 heavy (non-hydrogen) atoms. The summed E-state index contributed by atoms with van der Waals surface area (Å²) in [6, 6.07) is 0. The van der Waals surface area contributed by atoms with Crippen molar-refractivity contribution in [1.29, 1.82) is 0 Å². The second-order valence-electron chi connectivity index (χ2n) is 12.0. The highest BCUT2D eigenvalue weighted by Crippen LogP contribution is 2.59. The van der Waals surface area contributed by atoms with E-state index in [-0.39, 0.29) is 6.42 Å². The van der Waals surface area contributed by atoms with Gasteiger partial charge in [0.05, 0.1) is 12.2 Å². The van der Waals surface area contributed by atoms with E-state index in [1.54, 1.807) is 5.57 Å². The third-order valence-corrected chi connectivity index (χ3v) is 9.73. The van der Waals surface area contributed by atoms with Crippen LogP contribution in [0.25, 0.3) is 0 Å². The minimum Gasteiger partial charge on any atom is -0.388 e. The zero-order valence-electron chi connectivity index (χ0n) is 21.2. The summed E-state index contributed by atoms with van der Waals surface area (Å²) in [4.78, 5) is 2.54. The second-order valence-corrected chi connectivity index (χ2v) is 12.0. The van der Waals surface area contributed by atoms with Crippen LogP contribution in [0.1, 0.15) is 78.1 Å². The van der Waals surface area contributed by atoms with Crippen LogP contribution in [0, 0.1) is 29.1 Å². The summed E-state index contributed by atoms with van der Waals surface area (Å²) in [5.74, 6) is 2.39. The van der Waals surface area contributed by atoms with Gasteiger partial charge in [-0.2, -0.15) is 0 Å². The number of aliphatic hydroxyl groups excluding tert-OH is 2. The van der Waals surface area contributed by atoms with Crippen molar-refractivity contribution in [3.8, 4) is 0 Å². The van der Waals surface area contributed by atoms with E-state index < -0.39 is 18.6 Å². The maximum atomic E-state index is 12.6. The lowest BCUT2D eigenvalue weighted by Gasteiger charge is -2.45. The van der Waals surface area contributed by atoms with E-state index >= 15 is 0 Å². The highest BCUT2D eigenvalue weighted by Gasteiger charge is 2.50. The van der Waals surface area contributed by atoms with Gasteiger partial charge in [0, 0.05) is 19.5 Å². The summed E-state index contributed by atoms with van der Waals surface area (Å²) in [7, 11) is 0. The van der Waals surface area contributed by atoms with Crippen LogP contribution in [-0.2, 0) is 0 Å². The molecule has 7 atom stereocenters. The summed E-state index contributed by atoms with van der Waals surface area (Å²) in [5.41, 5.74) is 3.54. The average Bonchev–Trinajstić information content (AvgIpc) is 3.38. The molecule has 0 amide bonds. The number of alkyl halides is 2. The lowest BCUT2D eigenvalue weighted by Crippen LogP contribution is -2.39. The van der Waals surface area contributed by atoms with E-state index in [2.05, 4.69) is 37.5 Å². The molecular weight excluding hydrogens is 432 g/mol. The van der Waals surface area contributed by atoms with Crippen LogP contribution in [0.4, 0.5) is 8.78 Å². The minimum absolute atomic E-state index is 0.0500. The number of fused-ring (bicyclic) bond motifs is 1. The summed E-state index contributed by atoms with van der Waals surface area (Å²) < 4.78 is 25.2. The average molecular weight is 478 g/mol. The number of halogens is 2. The Labute approximate surface area is 205 Å². The van der Waals surface area contributed by atoms with Gasteiger partial charge in [-0.3, -0.25) is 0 Å². The number of hydrogen-bond donors (Lipinski definition) is 2. The number of allylic oxidation sites excluding steroid dienone is 3. The minimum atomic E-state index is -2.17. The molecular formula is C29H45F2NO2. The van der Waals surface area contributed by atoms with Crippen molar-refractivity contribution in [3.05, 3.63) is 35.5 Å². The first-order valence-electron chi connectivity index (χ1n) is 13.6. The summed E-state index contributed by atoms with van der Waals surface area (Å²) >= 11 is 0. The van der Waals surface area contributed by atoms with Crippen LogP contribution in [0.3, 0.4) is 0 Å². The van der Waals surface area contributed by atoms with E-state index in [4.69, 9.17) is 0 Å². The zero-order valence-corrected chi connectivity index (χ0v) is 21.2. The number of likely N-dealkylation sites (tertiary alicyclic amines) is 1. The van der Waals surface area contributed by atoms with Gasteiger partial charge in [-0.25, -0.2) is 8.78 Å². The summed E-state index contributed by atoms with van der Waals surface area (Å²) in [6.07, 6.45) is 10.2. The lowest BCUT2D eigenvalue weighted by atomic mass is 9.61. The molecule has 3 aliphatic carbocycles. The van der Waals surface area contributed by atoms with Crippen LogP contribution in [0.5, 0.6) is 0 Å². The molecule has 0 aromatic rings. The van der Waals surface area contributed by atoms with Gasteiger partial charge >= 0.3 is 0 Å². The van der Waals surface area contributed by atoms with Gasteiger partial charge in [-0.1, -0.05) is 43.7 Å². The molecule has 192 valence electrons. The van der Waals surface area contributed by atoms with Gasteiger partial charge in [0.25, 0.3) is 0 Å². The van der Waals surface area contributed by atoms with Gasteiger partial charge in [-0.15, -0.1) is 0 Å². The fourth-order valence-electron chi connectivity index (χ4n) is 7.85. The quantitative estimate of drug-likeness (QED) is 0.434. The Morgan fingerprint density at radius 1 is 1.15 bits per heavy atom. The molecule has 1 aliphatic heterocycles. The molecule has 0 aromatic carbocycles. The summed E-state index contributed by atoms with van der Waals surface area (Å²) in [6.45, 7) is 11.9. The topological polar surface area (TPSA) is 43.7 Å². The largest absolute Gasteiger partial charge is 0.388 e. The Morgan fingerprint density at radius 2 is 1.88 bits per heavy atom. The zero-order chi connectivity index (χ0) is 24.5. The molecule has 4 rings (SSSR count). The smallest absolute Gasteiger partial charge is 0.238 e. The molecule has 0 spiro atoms. The number of rotatable bonds is 7. The van der Waals surface area contributed by atoms with Crippen molar-refractivity contribution < 1.29 is 19.0 Å². The summed E-state index contributed by atoms with van der Waals surface area (Å²) in [5, 5.41) is 20.3. The first-order chi connectivity index (χ1) is 16.2. The van der Waals surface area contributed by atoms with Crippen molar-refractivity contribution in [2.45, 2.75) is 96.7 Å². The van der Waals surface area contributed by atoms with Crippen LogP contribution in [0.2, 0.25) is 0 Å². The predicted molar refractivity (Wildman–Crippen MR) is 134 cm³/mol. The Morgan fingerprint density at radius 3 is 2.59 bits per heavy atom. The van der Waals surface area contributed by atoms with Crippen molar-refractivity contribution in [1.82, 2.24) is 4.90 Å². The Kier molecular flexibility index (Phi) is 8.36. The molecule has 4 fully saturated rings. The number of aliphatic hydroxyl groups is 2. The SMILES string of the molecule is C=C1[C@H](O)CC(=C/C=C2\CCC[C@]3(C)[C@@H]([C@H](C)CN4CC[C@@H](CCC(F)F)C4)CC[C@@H]23)C[C@H]1O. The second kappa shape index (κ2) is 10.9. The Bertz CT molecular complexity index is 777. The fraction of sp³-hybridized carbons (Fsp3) is 0.793. The molecule has 2 N–H and O–H groups in total. The van der Waals surface area contributed by atoms with E-state index in [0.717, 1.165) is 38.0 Å². The highest BCUT2D eigenvalue weighted by atomic mass is 19.3. The monoisotopic (exact) mass is 477 g/mol. The first-order valence-corrected chi connectivity index (χ1v) is 13.6. The van der Waals surface area contributed by atoms with Crippen molar-refractivity contribution in [3.63, 3.8) is 0 Å². The van der Waals surface area contributed by atoms with E-state index in [0.29, 0.717) is 53.9 Å². The number of hydrogen-bond acceptors (Lipinski definition) is 3. The third kappa shape index (κ3) is 5.68. The Hall–Kier alpha value is -1.04. The Balaban J connectivity index is 1.37. The van der Waals surface area contributed by atoms with Crippen LogP contribution < -0.4 is 0 Å². The van der Waals surface area contributed by atoms with E-state index in [1.807, 2.05) is 0 Å². The lowest BCUT2D eigenvalue weighted by molar-refractivity contribution is 0.0811. The van der Waals surface area contributed by atoms with Crippen molar-refractivity contribution >= 4 is 0 Å². The van der Waals surface area contributed by atoms with Crippen LogP contribution in [0.15, 0.2) is 35.5 Å². The first kappa shape index (κ1) is 26.0. The molecule has 0 aromatic heterocycles. The van der Waals surface area contributed by atoms with Gasteiger partial charge < -0.3 is 15.1 Å². The molecule has 3 nitrogen and oxygen atoms in total. The van der Waals surface area contributed by atoms with Crippen molar-refractivity contribution in [2.75, 3.05) is 19.6 Å². The highest BCUT2D eigenvalue weighted by molar-refractivity contribution is 5.29. The third-order valence-electron chi connectivity index (χ3n) is 9.73. The van der Waals surface area contributed by atoms with Gasteiger partial charge in [-0.05, 0) is 99.0 Å². The molecule has 1 heterocycles. The molecule has 4 aliphatic rings. The van der Waals surface area contributed by atoms with Gasteiger partial charge in [0.15, 0.2) is 0 Å². The molecule has 1 saturated heterocycles. The van der Waals surface area contributed by atoms with E-state index in [9.17, 15) is 19.0 Å². The van der Waals surface area contributed by atoms with Crippen LogP contribution in [-0.4, -0.2) is 53.4 Å². The van der Waals surface area contributed by atoms with Crippen LogP contribution >= 0.6 is 0 Å². The van der Waals surface area contributed by atoms with Gasteiger partial charge in [0.1, 0.15) is 0 Å². The standard InChI is InChI=1S/C29H45F2NO2/c1-19(17-32-14-12-21(18-32)7-11-28(30)31)24-9-10-25-23(5-4-13-29(24,25)3)8-6-22-15-26(33)20(2)27(34)16-22/h6,8,19,21,24-28,33-34H,2,4-5,7,9-18H2,1,3H3/b23-8+/t19-,21-,24-,25+,26-,27-,29-/m1/s1. The molecule has 3 saturated carbocycles. The van der Waals surface area contributed by atoms with E-state index in [1.165, 1.54) is 25.7 Å². The fourth-order valence-corrected chi connectivity index (χ4v) is 7.85. The molecule has 5 heteroatoms. The maximum absolute atomic E-state index is 12.6. The predicted octanol–water partition coefficient (Wildman–Crippen LogP) is 6.13.